The third-order valence-corrected chi connectivity index (χ3v) is 6.89. The van der Waals surface area contributed by atoms with Gasteiger partial charge in [-0.1, -0.05) is 6.42 Å². The molecule has 1 nitrogen and oxygen atoms in total. The van der Waals surface area contributed by atoms with Gasteiger partial charge in [-0.05, 0) is 65.5 Å². The van der Waals surface area contributed by atoms with E-state index < -0.39 is 0 Å². The molecular formula is C12H16BrNS2. The molecule has 3 rings (SSSR count). The summed E-state index contributed by atoms with van der Waals surface area (Å²) in [5.41, 5.74) is 0.695. The zero-order valence-electron chi connectivity index (χ0n) is 9.41. The fourth-order valence-corrected chi connectivity index (χ4v) is 5.81. The van der Waals surface area contributed by atoms with E-state index in [1.165, 1.54) is 40.9 Å². The molecule has 1 saturated heterocycles. The molecule has 0 N–H and O–H groups in total. The quantitative estimate of drug-likeness (QED) is 0.722. The summed E-state index contributed by atoms with van der Waals surface area (Å²) in [6.45, 7) is 3.68. The highest BCUT2D eigenvalue weighted by atomic mass is 79.9. The van der Waals surface area contributed by atoms with Crippen LogP contribution in [-0.2, 0) is 0 Å². The van der Waals surface area contributed by atoms with Crippen molar-refractivity contribution in [3.63, 3.8) is 0 Å². The number of rotatable bonds is 2. The van der Waals surface area contributed by atoms with E-state index in [0.29, 0.717) is 5.41 Å². The van der Waals surface area contributed by atoms with E-state index in [0.717, 1.165) is 6.04 Å². The van der Waals surface area contributed by atoms with Crippen LogP contribution >= 0.6 is 39.2 Å². The maximum Gasteiger partial charge on any atom is 0.0765 e. The van der Waals surface area contributed by atoms with Gasteiger partial charge in [-0.2, -0.15) is 0 Å². The van der Waals surface area contributed by atoms with E-state index in [9.17, 15) is 0 Å². The molecule has 1 atom stereocenters. The summed E-state index contributed by atoms with van der Waals surface area (Å²) in [5, 5.41) is 2.17. The molecular weight excluding hydrogens is 302 g/mol. The summed E-state index contributed by atoms with van der Waals surface area (Å²) in [5.74, 6) is 0. The summed E-state index contributed by atoms with van der Waals surface area (Å²) in [6.07, 6.45) is 5.79. The minimum absolute atomic E-state index is 0.695. The lowest BCUT2D eigenvalue weighted by molar-refractivity contribution is 0.154. The SMILES string of the molecule is CC1CC2(CCC2)CN1Sc1cc(Br)cs1. The van der Waals surface area contributed by atoms with Gasteiger partial charge in [0.05, 0.1) is 4.21 Å². The standard InChI is InChI=1S/C12H16BrNS2/c1-9-6-12(3-2-4-12)8-14(9)16-11-5-10(13)7-15-11/h5,7,9H,2-4,6,8H2,1H3. The maximum atomic E-state index is 3.52. The van der Waals surface area contributed by atoms with Gasteiger partial charge < -0.3 is 0 Å². The maximum absolute atomic E-state index is 3.52. The first kappa shape index (κ1) is 11.6. The molecule has 88 valence electrons. The average molecular weight is 318 g/mol. The van der Waals surface area contributed by atoms with Gasteiger partial charge in [-0.3, -0.25) is 0 Å². The molecule has 1 aromatic heterocycles. The number of halogens is 1. The van der Waals surface area contributed by atoms with Crippen molar-refractivity contribution in [1.82, 2.24) is 4.31 Å². The lowest BCUT2D eigenvalue weighted by atomic mass is 9.68. The Morgan fingerprint density at radius 3 is 2.88 bits per heavy atom. The molecule has 0 amide bonds. The highest BCUT2D eigenvalue weighted by molar-refractivity contribution is 9.10. The summed E-state index contributed by atoms with van der Waals surface area (Å²) in [4.78, 5) is 0. The van der Waals surface area contributed by atoms with Crippen molar-refractivity contribution in [2.45, 2.75) is 42.9 Å². The second-order valence-corrected chi connectivity index (χ2v) is 8.33. The number of hydrogen-bond acceptors (Lipinski definition) is 3. The number of hydrogen-bond donors (Lipinski definition) is 0. The molecule has 2 aliphatic rings. The topological polar surface area (TPSA) is 3.24 Å². The Hall–Kier alpha value is 0.490. The van der Waals surface area contributed by atoms with E-state index in [1.807, 2.05) is 23.3 Å². The molecule has 2 fully saturated rings. The predicted molar refractivity (Wildman–Crippen MR) is 74.9 cm³/mol. The lowest BCUT2D eigenvalue weighted by Gasteiger charge is -2.38. The molecule has 1 aromatic rings. The predicted octanol–water partition coefficient (Wildman–Crippen LogP) is 4.78. The molecule has 16 heavy (non-hydrogen) atoms. The van der Waals surface area contributed by atoms with Gasteiger partial charge in [0.2, 0.25) is 0 Å². The van der Waals surface area contributed by atoms with Crippen LogP contribution in [0.3, 0.4) is 0 Å². The zero-order chi connectivity index (χ0) is 11.2. The largest absolute Gasteiger partial charge is 0.242 e. The average Bonchev–Trinajstić information content (AvgIpc) is 2.72. The Kier molecular flexibility index (Phi) is 3.11. The Morgan fingerprint density at radius 1 is 1.56 bits per heavy atom. The summed E-state index contributed by atoms with van der Waals surface area (Å²) in [6, 6.07) is 2.97. The molecule has 1 unspecified atom stereocenters. The van der Waals surface area contributed by atoms with Gasteiger partial charge in [0, 0.05) is 22.4 Å². The van der Waals surface area contributed by atoms with Gasteiger partial charge in [0.15, 0.2) is 0 Å². The smallest absolute Gasteiger partial charge is 0.0765 e. The monoisotopic (exact) mass is 317 g/mol. The number of nitrogens with zero attached hydrogens (tertiary/aromatic N) is 1. The van der Waals surface area contributed by atoms with Crippen molar-refractivity contribution in [2.24, 2.45) is 5.41 Å². The van der Waals surface area contributed by atoms with Crippen molar-refractivity contribution in [1.29, 1.82) is 0 Å². The Bertz CT molecular complexity index is 386. The first-order chi connectivity index (χ1) is 7.67. The van der Waals surface area contributed by atoms with Gasteiger partial charge in [-0.25, -0.2) is 4.31 Å². The van der Waals surface area contributed by atoms with Crippen molar-refractivity contribution in [2.75, 3.05) is 6.54 Å². The molecule has 1 saturated carbocycles. The fourth-order valence-electron chi connectivity index (χ4n) is 2.90. The van der Waals surface area contributed by atoms with Crippen LogP contribution in [0.25, 0.3) is 0 Å². The Labute approximate surface area is 114 Å². The van der Waals surface area contributed by atoms with Crippen molar-refractivity contribution >= 4 is 39.2 Å². The van der Waals surface area contributed by atoms with E-state index >= 15 is 0 Å². The summed E-state index contributed by atoms with van der Waals surface area (Å²) >= 11 is 7.31. The van der Waals surface area contributed by atoms with E-state index in [2.05, 4.69) is 38.6 Å². The minimum Gasteiger partial charge on any atom is -0.242 e. The van der Waals surface area contributed by atoms with E-state index in [1.54, 1.807) is 0 Å². The highest BCUT2D eigenvalue weighted by Crippen LogP contribution is 2.52. The van der Waals surface area contributed by atoms with Crippen LogP contribution in [0.4, 0.5) is 0 Å². The van der Waals surface area contributed by atoms with Crippen molar-refractivity contribution < 1.29 is 0 Å². The summed E-state index contributed by atoms with van der Waals surface area (Å²) < 4.78 is 5.22. The Balaban J connectivity index is 1.67. The lowest BCUT2D eigenvalue weighted by Crippen LogP contribution is -2.31. The Morgan fingerprint density at radius 2 is 2.38 bits per heavy atom. The van der Waals surface area contributed by atoms with Crippen molar-refractivity contribution in [3.8, 4) is 0 Å². The van der Waals surface area contributed by atoms with Crippen LogP contribution in [0.1, 0.15) is 32.6 Å². The third kappa shape index (κ3) is 2.09. The molecule has 1 aliphatic heterocycles. The zero-order valence-corrected chi connectivity index (χ0v) is 12.6. The van der Waals surface area contributed by atoms with Gasteiger partial charge in [0.25, 0.3) is 0 Å². The first-order valence-electron chi connectivity index (χ1n) is 5.86. The molecule has 0 aromatic carbocycles. The van der Waals surface area contributed by atoms with Crippen LogP contribution in [0.2, 0.25) is 0 Å². The third-order valence-electron chi connectivity index (χ3n) is 3.88. The van der Waals surface area contributed by atoms with Crippen LogP contribution in [0.5, 0.6) is 0 Å². The normalized spacial score (nSPS) is 28.5. The highest BCUT2D eigenvalue weighted by Gasteiger charge is 2.46. The second kappa shape index (κ2) is 4.30. The first-order valence-corrected chi connectivity index (χ1v) is 8.30. The molecule has 1 spiro atoms. The van der Waals surface area contributed by atoms with Gasteiger partial charge >= 0.3 is 0 Å². The summed E-state index contributed by atoms with van der Waals surface area (Å²) in [7, 11) is 0. The van der Waals surface area contributed by atoms with Crippen LogP contribution in [-0.4, -0.2) is 16.9 Å². The molecule has 4 heteroatoms. The van der Waals surface area contributed by atoms with Crippen LogP contribution in [0.15, 0.2) is 20.1 Å². The molecule has 0 radical (unpaired) electrons. The van der Waals surface area contributed by atoms with Gasteiger partial charge in [0.1, 0.15) is 0 Å². The van der Waals surface area contributed by atoms with Gasteiger partial charge in [-0.15, -0.1) is 11.3 Å². The van der Waals surface area contributed by atoms with E-state index in [4.69, 9.17) is 0 Å². The van der Waals surface area contributed by atoms with Crippen molar-refractivity contribution in [3.05, 3.63) is 15.9 Å². The molecule has 0 bridgehead atoms. The number of thiophene rings is 1. The van der Waals surface area contributed by atoms with Crippen LogP contribution in [0, 0.1) is 5.41 Å². The molecule has 2 heterocycles. The second-order valence-electron chi connectivity index (χ2n) is 5.16. The molecule has 1 aliphatic carbocycles. The fraction of sp³-hybridized carbons (Fsp3) is 0.667. The minimum atomic E-state index is 0.695. The van der Waals surface area contributed by atoms with Crippen LogP contribution < -0.4 is 0 Å². The van der Waals surface area contributed by atoms with E-state index in [-0.39, 0.29) is 0 Å².